The molecule has 5 rings (SSSR count). The lowest BCUT2D eigenvalue weighted by Crippen LogP contribution is -2.31. The van der Waals surface area contributed by atoms with Gasteiger partial charge in [0, 0.05) is 35.2 Å². The Bertz CT molecular complexity index is 1520. The van der Waals surface area contributed by atoms with Crippen molar-refractivity contribution in [1.82, 2.24) is 9.55 Å². The monoisotopic (exact) mass is 486 g/mol. The molecule has 0 radical (unpaired) electrons. The van der Waals surface area contributed by atoms with Crippen molar-refractivity contribution >= 4 is 16.9 Å². The lowest BCUT2D eigenvalue weighted by Gasteiger charge is -2.28. The summed E-state index contributed by atoms with van der Waals surface area (Å²) in [5.41, 5.74) is 3.30. The molecule has 0 saturated heterocycles. The first-order chi connectivity index (χ1) is 17.4. The summed E-state index contributed by atoms with van der Waals surface area (Å²) < 4.78 is 18.2. The van der Waals surface area contributed by atoms with Crippen LogP contribution in [0.4, 0.5) is 0 Å². The second kappa shape index (κ2) is 9.37. The molecule has 1 aliphatic heterocycles. The van der Waals surface area contributed by atoms with Crippen LogP contribution in [0.3, 0.4) is 0 Å². The number of aryl methyl sites for hydroxylation is 2. The highest BCUT2D eigenvalue weighted by molar-refractivity contribution is 5.83. The number of nitrogens with zero attached hydrogens (tertiary/aromatic N) is 2. The second-order valence-electron chi connectivity index (χ2n) is 8.81. The third-order valence-corrected chi connectivity index (χ3v) is 6.61. The van der Waals surface area contributed by atoms with Crippen molar-refractivity contribution in [2.75, 3.05) is 14.2 Å². The maximum absolute atomic E-state index is 13.8. The Morgan fingerprint density at radius 3 is 2.61 bits per heavy atom. The van der Waals surface area contributed by atoms with Crippen LogP contribution in [0, 0.1) is 6.92 Å². The summed E-state index contributed by atoms with van der Waals surface area (Å²) >= 11 is 0. The molecule has 0 fully saturated rings. The number of phenolic OH excluding ortho intramolecular Hbond substituents is 1. The zero-order valence-corrected chi connectivity index (χ0v) is 20.3. The Labute approximate surface area is 207 Å². The summed E-state index contributed by atoms with van der Waals surface area (Å²) in [5.74, 6) is 0.640. The molecule has 3 heterocycles. The first-order valence-corrected chi connectivity index (χ1v) is 11.6. The molecule has 8 heteroatoms. The number of carbonyl (C=O) groups is 1. The van der Waals surface area contributed by atoms with Gasteiger partial charge in [0.25, 0.3) is 5.56 Å². The van der Waals surface area contributed by atoms with E-state index in [-0.39, 0.29) is 17.7 Å². The van der Waals surface area contributed by atoms with Gasteiger partial charge in [0.05, 0.1) is 31.7 Å². The molecule has 0 aliphatic carbocycles. The van der Waals surface area contributed by atoms with Crippen LogP contribution in [0.1, 0.15) is 34.7 Å². The second-order valence-corrected chi connectivity index (χ2v) is 8.81. The molecule has 1 aliphatic rings. The highest BCUT2D eigenvalue weighted by atomic mass is 16.5. The van der Waals surface area contributed by atoms with E-state index in [9.17, 15) is 14.7 Å². The number of benzene rings is 2. The fourth-order valence-corrected chi connectivity index (χ4v) is 4.68. The minimum absolute atomic E-state index is 0.0206. The molecule has 184 valence electrons. The van der Waals surface area contributed by atoms with Crippen LogP contribution in [0.2, 0.25) is 0 Å². The molecular formula is C28H26N2O6. The average Bonchev–Trinajstić information content (AvgIpc) is 2.87. The Morgan fingerprint density at radius 1 is 1.11 bits per heavy atom. The van der Waals surface area contributed by atoms with Crippen molar-refractivity contribution in [2.45, 2.75) is 32.2 Å². The predicted octanol–water partition coefficient (Wildman–Crippen LogP) is 4.46. The number of hydrogen-bond donors (Lipinski definition) is 1. The molecule has 1 atom stereocenters. The topological polar surface area (TPSA) is 99.9 Å². The molecule has 36 heavy (non-hydrogen) atoms. The van der Waals surface area contributed by atoms with Gasteiger partial charge in [-0.15, -0.1) is 0 Å². The summed E-state index contributed by atoms with van der Waals surface area (Å²) in [5, 5.41) is 10.4. The van der Waals surface area contributed by atoms with Crippen molar-refractivity contribution in [3.63, 3.8) is 0 Å². The molecule has 0 unspecified atom stereocenters. The number of esters is 1. The van der Waals surface area contributed by atoms with Crippen LogP contribution in [0.15, 0.2) is 59.4 Å². The van der Waals surface area contributed by atoms with Gasteiger partial charge in [0.1, 0.15) is 17.2 Å². The third-order valence-electron chi connectivity index (χ3n) is 6.61. The maximum atomic E-state index is 13.8. The molecule has 8 nitrogen and oxygen atoms in total. The summed E-state index contributed by atoms with van der Waals surface area (Å²) in [7, 11) is 2.92. The lowest BCUT2D eigenvalue weighted by atomic mass is 9.86. The van der Waals surface area contributed by atoms with Gasteiger partial charge < -0.3 is 23.9 Å². The van der Waals surface area contributed by atoms with E-state index >= 15 is 0 Å². The van der Waals surface area contributed by atoms with Crippen LogP contribution < -0.4 is 15.0 Å². The largest absolute Gasteiger partial charge is 0.508 e. The minimum Gasteiger partial charge on any atom is -0.508 e. The number of aromatic hydroxyl groups is 1. The van der Waals surface area contributed by atoms with E-state index in [1.54, 1.807) is 23.8 Å². The van der Waals surface area contributed by atoms with E-state index in [1.807, 2.05) is 49.4 Å². The zero-order valence-electron chi connectivity index (χ0n) is 20.3. The number of aromatic nitrogens is 2. The number of phenols is 1. The van der Waals surface area contributed by atoms with Crippen molar-refractivity contribution < 1.29 is 24.1 Å². The zero-order chi connectivity index (χ0) is 25.4. The van der Waals surface area contributed by atoms with Gasteiger partial charge in [0.2, 0.25) is 5.88 Å². The molecule has 2 aromatic heterocycles. The number of hydrogen-bond acceptors (Lipinski definition) is 7. The summed E-state index contributed by atoms with van der Waals surface area (Å²) in [6.07, 6.45) is 0.582. The SMILES string of the molecule is COC(=O)C[C@H]1c2cc3cc(OC)ccc3nc2Oc2cc(C)n(CCc3ccc(O)cc3)c(=O)c21. The number of ether oxygens (including phenoxy) is 3. The number of pyridine rings is 2. The van der Waals surface area contributed by atoms with E-state index in [1.165, 1.54) is 7.11 Å². The van der Waals surface area contributed by atoms with Crippen LogP contribution >= 0.6 is 0 Å². The third kappa shape index (κ3) is 4.26. The number of rotatable bonds is 6. The van der Waals surface area contributed by atoms with Gasteiger partial charge in [0.15, 0.2) is 0 Å². The van der Waals surface area contributed by atoms with Gasteiger partial charge in [-0.25, -0.2) is 4.98 Å². The molecule has 0 saturated carbocycles. The molecule has 0 spiro atoms. The van der Waals surface area contributed by atoms with Gasteiger partial charge in [-0.2, -0.15) is 0 Å². The summed E-state index contributed by atoms with van der Waals surface area (Å²) in [4.78, 5) is 30.9. The molecule has 1 N–H and O–H groups in total. The van der Waals surface area contributed by atoms with E-state index in [0.717, 1.165) is 16.6 Å². The smallest absolute Gasteiger partial charge is 0.306 e. The standard InChI is InChI=1S/C28H26N2O6/c1-16-12-24-26(28(33)30(16)11-10-17-4-6-19(31)7-5-17)21(15-25(32)35-3)22-14-18-13-20(34-2)8-9-23(18)29-27(22)36-24/h4-9,12-14,21,31H,10-11,15H2,1-3H3/t21-/m0/s1. The summed E-state index contributed by atoms with van der Waals surface area (Å²) in [6.45, 7) is 2.29. The van der Waals surface area contributed by atoms with E-state index < -0.39 is 11.9 Å². The average molecular weight is 487 g/mol. The van der Waals surface area contributed by atoms with Gasteiger partial charge >= 0.3 is 5.97 Å². The van der Waals surface area contributed by atoms with Crippen LogP contribution in [0.25, 0.3) is 10.9 Å². The molecule has 4 aromatic rings. The van der Waals surface area contributed by atoms with E-state index in [4.69, 9.17) is 14.2 Å². The van der Waals surface area contributed by atoms with Crippen molar-refractivity contribution in [3.05, 3.63) is 87.3 Å². The Kier molecular flexibility index (Phi) is 6.10. The first-order valence-electron chi connectivity index (χ1n) is 11.6. The van der Waals surface area contributed by atoms with Crippen LogP contribution in [-0.4, -0.2) is 34.8 Å². The summed E-state index contributed by atoms with van der Waals surface area (Å²) in [6, 6.07) is 16.2. The molecular weight excluding hydrogens is 460 g/mol. The highest BCUT2D eigenvalue weighted by Gasteiger charge is 2.34. The van der Waals surface area contributed by atoms with Crippen molar-refractivity contribution in [1.29, 1.82) is 0 Å². The van der Waals surface area contributed by atoms with Gasteiger partial charge in [-0.3, -0.25) is 9.59 Å². The van der Waals surface area contributed by atoms with Gasteiger partial charge in [-0.1, -0.05) is 12.1 Å². The number of fused-ring (bicyclic) bond motifs is 3. The molecule has 0 bridgehead atoms. The van der Waals surface area contributed by atoms with Gasteiger partial charge in [-0.05, 0) is 55.3 Å². The van der Waals surface area contributed by atoms with Crippen molar-refractivity contribution in [2.24, 2.45) is 0 Å². The van der Waals surface area contributed by atoms with E-state index in [2.05, 4.69) is 4.98 Å². The normalized spacial score (nSPS) is 14.0. The minimum atomic E-state index is -0.577. The molecule has 0 amide bonds. The Morgan fingerprint density at radius 2 is 1.89 bits per heavy atom. The quantitative estimate of drug-likeness (QED) is 0.402. The fraction of sp³-hybridized carbons (Fsp3) is 0.250. The number of carbonyl (C=O) groups excluding carboxylic acids is 1. The maximum Gasteiger partial charge on any atom is 0.306 e. The Hall–Kier alpha value is -4.33. The number of methoxy groups -OCH3 is 2. The Balaban J connectivity index is 1.61. The van der Waals surface area contributed by atoms with E-state index in [0.29, 0.717) is 47.0 Å². The highest BCUT2D eigenvalue weighted by Crippen LogP contribution is 2.45. The first kappa shape index (κ1) is 23.4. The fourth-order valence-electron chi connectivity index (χ4n) is 4.68. The lowest BCUT2D eigenvalue weighted by molar-refractivity contribution is -0.140. The van der Waals surface area contributed by atoms with Crippen molar-refractivity contribution in [3.8, 4) is 23.1 Å². The van der Waals surface area contributed by atoms with Crippen LogP contribution in [0.5, 0.6) is 23.1 Å². The van der Waals surface area contributed by atoms with Crippen LogP contribution in [-0.2, 0) is 22.5 Å². The molecule has 2 aromatic carbocycles. The predicted molar refractivity (Wildman–Crippen MR) is 134 cm³/mol.